The Morgan fingerprint density at radius 1 is 0.617 bits per heavy atom. The first-order chi connectivity index (χ1) is 22.6. The molecule has 47 heavy (non-hydrogen) atoms. The lowest BCUT2D eigenvalue weighted by Crippen LogP contribution is -2.43. The Morgan fingerprint density at radius 3 is 1.38 bits per heavy atom. The van der Waals surface area contributed by atoms with E-state index in [0.29, 0.717) is 6.42 Å². The van der Waals surface area contributed by atoms with Crippen molar-refractivity contribution in [2.45, 2.75) is 187 Å². The number of amides is 1. The highest BCUT2D eigenvalue weighted by Gasteiger charge is 2.28. The number of aliphatic carboxylic acids is 1. The van der Waals surface area contributed by atoms with Crippen molar-refractivity contribution in [1.82, 2.24) is 5.32 Å². The molecule has 4 N–H and O–H groups in total. The van der Waals surface area contributed by atoms with Crippen molar-refractivity contribution in [2.24, 2.45) is 0 Å². The van der Waals surface area contributed by atoms with Crippen LogP contribution in [0, 0.1) is 0 Å². The van der Waals surface area contributed by atoms with Crippen LogP contribution in [0.4, 0.5) is 0 Å². The molecule has 0 aromatic heterocycles. The number of unbranched alkanes of at least 4 members (excludes halogenated alkanes) is 22. The van der Waals surface area contributed by atoms with Gasteiger partial charge in [0.2, 0.25) is 5.91 Å². The number of carbonyl (C=O) groups is 3. The van der Waals surface area contributed by atoms with Crippen LogP contribution in [-0.2, 0) is 32.7 Å². The predicted molar refractivity (Wildman–Crippen MR) is 185 cm³/mol. The SMILES string of the molecule is CCCCCCCCCCCCCCCCCCCCCCCCCC(=O)NC(COP(=O)(O)OCC(O)COC(=O)CC)C(=O)O. The van der Waals surface area contributed by atoms with Gasteiger partial charge in [0.25, 0.3) is 0 Å². The molecule has 3 atom stereocenters. The Morgan fingerprint density at radius 2 is 1.00 bits per heavy atom. The third-order valence-corrected chi connectivity index (χ3v) is 9.15. The summed E-state index contributed by atoms with van der Waals surface area (Å²) < 4.78 is 26.0. The molecule has 0 radical (unpaired) electrons. The third kappa shape index (κ3) is 31.5. The van der Waals surface area contributed by atoms with Gasteiger partial charge in [-0.15, -0.1) is 0 Å². The molecule has 3 unspecified atom stereocenters. The minimum absolute atomic E-state index is 0.108. The number of nitrogens with one attached hydrogen (secondary N) is 1. The molecule has 0 saturated carbocycles. The summed E-state index contributed by atoms with van der Waals surface area (Å²) in [4.78, 5) is 44.5. The Bertz CT molecular complexity index is 828. The topological polar surface area (TPSA) is 169 Å². The van der Waals surface area contributed by atoms with E-state index in [-0.39, 0.29) is 12.8 Å². The lowest BCUT2D eigenvalue weighted by Gasteiger charge is -2.18. The van der Waals surface area contributed by atoms with Crippen LogP contribution < -0.4 is 5.32 Å². The summed E-state index contributed by atoms with van der Waals surface area (Å²) in [7, 11) is -4.71. The molecule has 0 aromatic rings. The fourth-order valence-electron chi connectivity index (χ4n) is 5.24. The average Bonchev–Trinajstić information content (AvgIpc) is 3.04. The number of aliphatic hydroxyl groups excluding tert-OH is 1. The third-order valence-electron chi connectivity index (χ3n) is 8.20. The molecule has 0 fully saturated rings. The second-order valence-electron chi connectivity index (χ2n) is 12.7. The summed E-state index contributed by atoms with van der Waals surface area (Å²) >= 11 is 0. The van der Waals surface area contributed by atoms with E-state index in [9.17, 15) is 34.1 Å². The number of phosphoric acid groups is 1. The van der Waals surface area contributed by atoms with E-state index in [4.69, 9.17) is 4.74 Å². The molecule has 0 aliphatic rings. The molecule has 0 bridgehead atoms. The van der Waals surface area contributed by atoms with Gasteiger partial charge in [0.1, 0.15) is 12.7 Å². The number of hydrogen-bond acceptors (Lipinski definition) is 8. The monoisotopic (exact) mass is 693 g/mol. The smallest absolute Gasteiger partial charge is 0.472 e. The Kier molecular flexibility index (Phi) is 30.7. The van der Waals surface area contributed by atoms with Gasteiger partial charge in [-0.05, 0) is 6.42 Å². The fourth-order valence-corrected chi connectivity index (χ4v) is 6.01. The van der Waals surface area contributed by atoms with E-state index < -0.39 is 57.6 Å². The molecule has 11 nitrogen and oxygen atoms in total. The van der Waals surface area contributed by atoms with Gasteiger partial charge < -0.3 is 25.2 Å². The number of aliphatic hydroxyl groups is 1. The van der Waals surface area contributed by atoms with Crippen LogP contribution in [0.5, 0.6) is 0 Å². The normalized spacial score (nSPS) is 14.0. The largest absolute Gasteiger partial charge is 0.480 e. The van der Waals surface area contributed by atoms with Crippen molar-refractivity contribution < 1.29 is 47.8 Å². The molecule has 0 aliphatic carbocycles. The van der Waals surface area contributed by atoms with Crippen molar-refractivity contribution in [1.29, 1.82) is 0 Å². The maximum Gasteiger partial charge on any atom is 0.472 e. The summed E-state index contributed by atoms with van der Waals surface area (Å²) in [5.41, 5.74) is 0. The van der Waals surface area contributed by atoms with Crippen LogP contribution in [0.3, 0.4) is 0 Å². The zero-order valence-corrected chi connectivity index (χ0v) is 30.5. The Labute approximate surface area is 284 Å². The van der Waals surface area contributed by atoms with Crippen LogP contribution in [0.15, 0.2) is 0 Å². The lowest BCUT2D eigenvalue weighted by atomic mass is 10.0. The standard InChI is InChI=1S/C35H68NO10P/c1-3-5-6-7-8-9-10-11-12-13-14-15-16-17-18-19-20-21-22-23-24-25-26-27-33(38)36-32(35(40)41)30-46-47(42,43)45-29-31(37)28-44-34(39)4-2/h31-32,37H,3-30H2,1-2H3,(H,36,38)(H,40,41)(H,42,43). The van der Waals surface area contributed by atoms with Gasteiger partial charge in [0.05, 0.1) is 13.2 Å². The number of carboxylic acid groups (broad SMARTS) is 1. The summed E-state index contributed by atoms with van der Waals surface area (Å²) in [5.74, 6) is -2.45. The molecule has 0 heterocycles. The van der Waals surface area contributed by atoms with Crippen molar-refractivity contribution in [3.8, 4) is 0 Å². The molecule has 1 amide bonds. The summed E-state index contributed by atoms with van der Waals surface area (Å²) in [5, 5.41) is 21.3. The molecule has 0 saturated heterocycles. The minimum atomic E-state index is -4.71. The zero-order valence-electron chi connectivity index (χ0n) is 29.6. The highest BCUT2D eigenvalue weighted by Crippen LogP contribution is 2.43. The van der Waals surface area contributed by atoms with Crippen molar-refractivity contribution in [3.05, 3.63) is 0 Å². The quantitative estimate of drug-likeness (QED) is 0.0287. The number of hydrogen-bond donors (Lipinski definition) is 4. The number of carboxylic acids is 1. The van der Waals surface area contributed by atoms with Crippen molar-refractivity contribution >= 4 is 25.7 Å². The van der Waals surface area contributed by atoms with Crippen LogP contribution in [0.25, 0.3) is 0 Å². The Balaban J connectivity index is 3.68. The molecule has 12 heteroatoms. The first-order valence-corrected chi connectivity index (χ1v) is 20.1. The van der Waals surface area contributed by atoms with Crippen molar-refractivity contribution in [3.63, 3.8) is 0 Å². The van der Waals surface area contributed by atoms with Gasteiger partial charge in [-0.25, -0.2) is 9.36 Å². The van der Waals surface area contributed by atoms with Gasteiger partial charge in [-0.1, -0.05) is 155 Å². The van der Waals surface area contributed by atoms with E-state index in [1.54, 1.807) is 6.92 Å². The highest BCUT2D eigenvalue weighted by molar-refractivity contribution is 7.47. The molecule has 0 aromatic carbocycles. The summed E-state index contributed by atoms with van der Waals surface area (Å²) in [6, 6.07) is -1.54. The number of phosphoric ester groups is 1. The zero-order chi connectivity index (χ0) is 35.0. The maximum absolute atomic E-state index is 12.2. The van der Waals surface area contributed by atoms with E-state index >= 15 is 0 Å². The molecule has 0 rings (SSSR count). The molecular formula is C35H68NO10P. The Hall–Kier alpha value is -1.52. The second kappa shape index (κ2) is 31.7. The highest BCUT2D eigenvalue weighted by atomic mass is 31.2. The van der Waals surface area contributed by atoms with Crippen LogP contribution in [0.2, 0.25) is 0 Å². The van der Waals surface area contributed by atoms with Crippen LogP contribution in [-0.4, -0.2) is 64.9 Å². The van der Waals surface area contributed by atoms with Gasteiger partial charge in [0, 0.05) is 12.8 Å². The fraction of sp³-hybridized carbons (Fsp3) is 0.914. The number of ether oxygens (including phenoxy) is 1. The molecule has 0 spiro atoms. The summed E-state index contributed by atoms with van der Waals surface area (Å²) in [6.45, 7) is 1.94. The molecular weight excluding hydrogens is 625 g/mol. The maximum atomic E-state index is 12.2. The first-order valence-electron chi connectivity index (χ1n) is 18.6. The number of esters is 1. The molecule has 0 aliphatic heterocycles. The van der Waals surface area contributed by atoms with E-state index in [0.717, 1.165) is 19.3 Å². The lowest BCUT2D eigenvalue weighted by molar-refractivity contribution is -0.146. The van der Waals surface area contributed by atoms with Gasteiger partial charge >= 0.3 is 19.8 Å². The van der Waals surface area contributed by atoms with E-state index in [1.807, 2.05) is 0 Å². The molecule has 278 valence electrons. The van der Waals surface area contributed by atoms with Gasteiger partial charge in [-0.3, -0.25) is 18.6 Å². The number of rotatable bonds is 35. The predicted octanol–water partition coefficient (Wildman–Crippen LogP) is 8.39. The van der Waals surface area contributed by atoms with Gasteiger partial charge in [-0.2, -0.15) is 0 Å². The average molecular weight is 694 g/mol. The van der Waals surface area contributed by atoms with Gasteiger partial charge in [0.15, 0.2) is 6.04 Å². The van der Waals surface area contributed by atoms with Crippen molar-refractivity contribution in [2.75, 3.05) is 19.8 Å². The van der Waals surface area contributed by atoms with E-state index in [2.05, 4.69) is 21.3 Å². The van der Waals surface area contributed by atoms with E-state index in [1.165, 1.54) is 122 Å². The second-order valence-corrected chi connectivity index (χ2v) is 14.2. The summed E-state index contributed by atoms with van der Waals surface area (Å²) in [6.07, 6.45) is 28.4. The first kappa shape index (κ1) is 45.5. The van der Waals surface area contributed by atoms with Crippen LogP contribution in [0.1, 0.15) is 174 Å². The minimum Gasteiger partial charge on any atom is -0.480 e. The van der Waals surface area contributed by atoms with Crippen LogP contribution >= 0.6 is 7.82 Å². The number of carbonyl (C=O) groups excluding carboxylic acids is 2.